The van der Waals surface area contributed by atoms with E-state index in [1.54, 1.807) is 18.2 Å². The Morgan fingerprint density at radius 1 is 1.08 bits per heavy atom. The normalized spacial score (nSPS) is 10.4. The van der Waals surface area contributed by atoms with Crippen molar-refractivity contribution in [2.24, 2.45) is 0 Å². The van der Waals surface area contributed by atoms with Gasteiger partial charge in [-0.25, -0.2) is 0 Å². The number of hydrogen-bond acceptors (Lipinski definition) is 3. The molecular formula is C20H24N2O2S. The first kappa shape index (κ1) is 19.1. The minimum atomic E-state index is -0.167. The molecule has 2 aromatic carbocycles. The maximum absolute atomic E-state index is 12.3. The second-order valence-corrected chi connectivity index (χ2v) is 6.92. The zero-order valence-corrected chi connectivity index (χ0v) is 15.7. The molecule has 0 aliphatic carbocycles. The van der Waals surface area contributed by atoms with E-state index in [1.165, 1.54) is 17.3 Å². The smallest absolute Gasteiger partial charge is 0.253 e. The summed E-state index contributed by atoms with van der Waals surface area (Å²) in [6, 6.07) is 13.3. The summed E-state index contributed by atoms with van der Waals surface area (Å²) in [6.07, 6.45) is 0.868. The SMILES string of the molecule is CCCNC(=O)c1ccccc1NC(=O)CSc1ccc(C)cc1C. The summed E-state index contributed by atoms with van der Waals surface area (Å²) in [6.45, 7) is 6.71. The Morgan fingerprint density at radius 3 is 2.56 bits per heavy atom. The van der Waals surface area contributed by atoms with Crippen molar-refractivity contribution in [3.05, 3.63) is 59.2 Å². The lowest BCUT2D eigenvalue weighted by Crippen LogP contribution is -2.26. The third-order valence-corrected chi connectivity index (χ3v) is 4.85. The number of rotatable bonds is 7. The zero-order chi connectivity index (χ0) is 18.2. The number of carbonyl (C=O) groups excluding carboxylic acids is 2. The molecule has 0 saturated carbocycles. The Labute approximate surface area is 153 Å². The van der Waals surface area contributed by atoms with Crippen molar-refractivity contribution in [2.75, 3.05) is 17.6 Å². The molecule has 2 rings (SSSR count). The quantitative estimate of drug-likeness (QED) is 0.732. The van der Waals surface area contributed by atoms with Gasteiger partial charge in [0.05, 0.1) is 17.0 Å². The lowest BCUT2D eigenvalue weighted by atomic mass is 10.1. The number of aryl methyl sites for hydroxylation is 2. The summed E-state index contributed by atoms with van der Waals surface area (Å²) in [5, 5.41) is 5.69. The molecule has 0 aliphatic rings. The highest BCUT2D eigenvalue weighted by molar-refractivity contribution is 8.00. The van der Waals surface area contributed by atoms with Crippen molar-refractivity contribution < 1.29 is 9.59 Å². The number of para-hydroxylation sites is 1. The van der Waals surface area contributed by atoms with E-state index in [0.717, 1.165) is 16.9 Å². The van der Waals surface area contributed by atoms with Crippen LogP contribution in [-0.4, -0.2) is 24.1 Å². The Bertz CT molecular complexity index is 759. The van der Waals surface area contributed by atoms with Gasteiger partial charge in [-0.15, -0.1) is 11.8 Å². The summed E-state index contributed by atoms with van der Waals surface area (Å²) in [5.74, 6) is 0.00921. The fourth-order valence-electron chi connectivity index (χ4n) is 2.41. The van der Waals surface area contributed by atoms with Crippen LogP contribution < -0.4 is 10.6 Å². The highest BCUT2D eigenvalue weighted by Gasteiger charge is 2.13. The van der Waals surface area contributed by atoms with E-state index < -0.39 is 0 Å². The molecule has 2 aromatic rings. The van der Waals surface area contributed by atoms with Gasteiger partial charge in [-0.05, 0) is 44.0 Å². The molecule has 0 bridgehead atoms. The lowest BCUT2D eigenvalue weighted by Gasteiger charge is -2.11. The summed E-state index contributed by atoms with van der Waals surface area (Å²) in [4.78, 5) is 25.6. The summed E-state index contributed by atoms with van der Waals surface area (Å²) in [5.41, 5.74) is 3.40. The first-order valence-electron chi connectivity index (χ1n) is 8.38. The van der Waals surface area contributed by atoms with Gasteiger partial charge >= 0.3 is 0 Å². The van der Waals surface area contributed by atoms with Gasteiger partial charge in [-0.3, -0.25) is 9.59 Å². The van der Waals surface area contributed by atoms with Crippen LogP contribution in [0.15, 0.2) is 47.4 Å². The van der Waals surface area contributed by atoms with Crippen molar-refractivity contribution in [1.82, 2.24) is 5.32 Å². The van der Waals surface area contributed by atoms with Gasteiger partial charge in [0.1, 0.15) is 0 Å². The lowest BCUT2D eigenvalue weighted by molar-refractivity contribution is -0.113. The molecule has 2 N–H and O–H groups in total. The Kier molecular flexibility index (Phi) is 7.07. The number of carbonyl (C=O) groups is 2. The predicted octanol–water partition coefficient (Wildman–Crippen LogP) is 4.17. The van der Waals surface area contributed by atoms with Crippen LogP contribution in [0.4, 0.5) is 5.69 Å². The van der Waals surface area contributed by atoms with E-state index in [-0.39, 0.29) is 11.8 Å². The van der Waals surface area contributed by atoms with Gasteiger partial charge in [0.2, 0.25) is 5.91 Å². The fraction of sp³-hybridized carbons (Fsp3) is 0.300. The van der Waals surface area contributed by atoms with E-state index in [1.807, 2.05) is 32.0 Å². The maximum Gasteiger partial charge on any atom is 0.253 e. The number of thioether (sulfide) groups is 1. The molecule has 0 spiro atoms. The van der Waals surface area contributed by atoms with Gasteiger partial charge in [-0.2, -0.15) is 0 Å². The molecule has 4 nitrogen and oxygen atoms in total. The van der Waals surface area contributed by atoms with Crippen molar-refractivity contribution in [2.45, 2.75) is 32.1 Å². The van der Waals surface area contributed by atoms with E-state index in [4.69, 9.17) is 0 Å². The van der Waals surface area contributed by atoms with E-state index >= 15 is 0 Å². The Morgan fingerprint density at radius 2 is 1.84 bits per heavy atom. The molecule has 25 heavy (non-hydrogen) atoms. The van der Waals surface area contributed by atoms with Crippen LogP contribution in [0, 0.1) is 13.8 Å². The Balaban J connectivity index is 1.99. The average Bonchev–Trinajstić information content (AvgIpc) is 2.59. The first-order chi connectivity index (χ1) is 12.0. The highest BCUT2D eigenvalue weighted by Crippen LogP contribution is 2.23. The first-order valence-corrected chi connectivity index (χ1v) is 9.37. The molecule has 0 heterocycles. The number of nitrogens with one attached hydrogen (secondary N) is 2. The number of amides is 2. The summed E-state index contributed by atoms with van der Waals surface area (Å²) < 4.78 is 0. The molecule has 0 atom stereocenters. The molecule has 2 amide bonds. The molecular weight excluding hydrogens is 332 g/mol. The monoisotopic (exact) mass is 356 g/mol. The van der Waals surface area contributed by atoms with Crippen LogP contribution in [0.2, 0.25) is 0 Å². The van der Waals surface area contributed by atoms with Crippen molar-refractivity contribution >= 4 is 29.3 Å². The fourth-order valence-corrected chi connectivity index (χ4v) is 3.22. The van der Waals surface area contributed by atoms with Crippen LogP contribution >= 0.6 is 11.8 Å². The molecule has 0 aliphatic heterocycles. The highest BCUT2D eigenvalue weighted by atomic mass is 32.2. The summed E-state index contributed by atoms with van der Waals surface area (Å²) in [7, 11) is 0. The van der Waals surface area contributed by atoms with Crippen LogP contribution in [0.1, 0.15) is 34.8 Å². The van der Waals surface area contributed by atoms with Crippen LogP contribution in [0.25, 0.3) is 0 Å². The molecule has 132 valence electrons. The number of benzene rings is 2. The molecule has 0 fully saturated rings. The third-order valence-electron chi connectivity index (χ3n) is 3.67. The van der Waals surface area contributed by atoms with Crippen LogP contribution in [0.5, 0.6) is 0 Å². The van der Waals surface area contributed by atoms with Crippen LogP contribution in [0.3, 0.4) is 0 Å². The predicted molar refractivity (Wildman–Crippen MR) is 104 cm³/mol. The zero-order valence-electron chi connectivity index (χ0n) is 14.9. The average molecular weight is 356 g/mol. The molecule has 0 radical (unpaired) electrons. The largest absolute Gasteiger partial charge is 0.352 e. The second kappa shape index (κ2) is 9.28. The van der Waals surface area contributed by atoms with E-state index in [2.05, 4.69) is 23.6 Å². The molecule has 0 aromatic heterocycles. The third kappa shape index (κ3) is 5.64. The van der Waals surface area contributed by atoms with Gasteiger partial charge < -0.3 is 10.6 Å². The van der Waals surface area contributed by atoms with E-state index in [9.17, 15) is 9.59 Å². The van der Waals surface area contributed by atoms with Crippen molar-refractivity contribution in [1.29, 1.82) is 0 Å². The van der Waals surface area contributed by atoms with Crippen molar-refractivity contribution in [3.63, 3.8) is 0 Å². The standard InChI is InChI=1S/C20H24N2O2S/c1-4-11-21-20(24)16-7-5-6-8-17(16)22-19(23)13-25-18-10-9-14(2)12-15(18)3/h5-10,12H,4,11,13H2,1-3H3,(H,21,24)(H,22,23). The van der Waals surface area contributed by atoms with E-state index in [0.29, 0.717) is 23.5 Å². The maximum atomic E-state index is 12.3. The van der Waals surface area contributed by atoms with Gasteiger partial charge in [0.15, 0.2) is 0 Å². The number of anilines is 1. The summed E-state index contributed by atoms with van der Waals surface area (Å²) >= 11 is 1.50. The van der Waals surface area contributed by atoms with Gasteiger partial charge in [-0.1, -0.05) is 36.8 Å². The van der Waals surface area contributed by atoms with Crippen molar-refractivity contribution in [3.8, 4) is 0 Å². The van der Waals surface area contributed by atoms with Gasteiger partial charge in [0.25, 0.3) is 5.91 Å². The Hall–Kier alpha value is -2.27. The van der Waals surface area contributed by atoms with Gasteiger partial charge in [0, 0.05) is 11.4 Å². The topological polar surface area (TPSA) is 58.2 Å². The minimum Gasteiger partial charge on any atom is -0.352 e. The van der Waals surface area contributed by atoms with Crippen LogP contribution in [-0.2, 0) is 4.79 Å². The second-order valence-electron chi connectivity index (χ2n) is 5.91. The molecule has 0 saturated heterocycles. The minimum absolute atomic E-state index is 0.124. The molecule has 5 heteroatoms. The molecule has 0 unspecified atom stereocenters. The number of hydrogen-bond donors (Lipinski definition) is 2.